The zero-order valence-corrected chi connectivity index (χ0v) is 28.0. The molecule has 0 saturated carbocycles. The molecule has 0 saturated heterocycles. The molecule has 0 N–H and O–H groups in total. The van der Waals surface area contributed by atoms with Crippen LogP contribution in [0.4, 0.5) is 17.1 Å². The molecule has 0 fully saturated rings. The maximum atomic E-state index is 6.16. The van der Waals surface area contributed by atoms with Crippen LogP contribution in [-0.4, -0.2) is 15.0 Å². The fourth-order valence-corrected chi connectivity index (χ4v) is 7.07. The number of anilines is 3. The average Bonchev–Trinajstić information content (AvgIpc) is 3.59. The maximum absolute atomic E-state index is 6.16. The number of benzene rings is 6. The maximum Gasteiger partial charge on any atom is 0.139 e. The summed E-state index contributed by atoms with van der Waals surface area (Å²) in [6.07, 6.45) is 5.81. The van der Waals surface area contributed by atoms with Gasteiger partial charge in [-0.3, -0.25) is 15.0 Å². The lowest BCUT2D eigenvalue weighted by Gasteiger charge is -2.26. The third-order valence-electron chi connectivity index (χ3n) is 9.78. The summed E-state index contributed by atoms with van der Waals surface area (Å²) in [5.41, 5.74) is 13.1. The van der Waals surface area contributed by atoms with Gasteiger partial charge in [0.25, 0.3) is 0 Å². The van der Waals surface area contributed by atoms with Crippen molar-refractivity contribution in [2.24, 2.45) is 0 Å². The molecule has 5 nitrogen and oxygen atoms in total. The average molecular weight is 667 g/mol. The monoisotopic (exact) mass is 666 g/mol. The Morgan fingerprint density at radius 3 is 1.44 bits per heavy atom. The van der Waals surface area contributed by atoms with Crippen LogP contribution in [0.5, 0.6) is 0 Å². The minimum absolute atomic E-state index is 0.834. The van der Waals surface area contributed by atoms with Crippen molar-refractivity contribution in [3.8, 4) is 33.5 Å². The summed E-state index contributed by atoms with van der Waals surface area (Å²) >= 11 is 0. The van der Waals surface area contributed by atoms with E-state index in [4.69, 9.17) is 19.4 Å². The van der Waals surface area contributed by atoms with Gasteiger partial charge < -0.3 is 9.32 Å². The Balaban J connectivity index is 1.02. The fraction of sp³-hybridized carbons (Fsp3) is 0. The lowest BCUT2D eigenvalue weighted by Crippen LogP contribution is -2.09. The molecule has 10 rings (SSSR count). The molecular formula is C47H30N4O. The van der Waals surface area contributed by atoms with E-state index in [9.17, 15) is 0 Å². The normalized spacial score (nSPS) is 11.5. The van der Waals surface area contributed by atoms with Crippen molar-refractivity contribution in [3.63, 3.8) is 0 Å². The van der Waals surface area contributed by atoms with E-state index in [-0.39, 0.29) is 0 Å². The van der Waals surface area contributed by atoms with E-state index in [1.165, 1.54) is 0 Å². The fourth-order valence-electron chi connectivity index (χ4n) is 7.07. The van der Waals surface area contributed by atoms with Gasteiger partial charge in [-0.25, -0.2) is 0 Å². The quantitative estimate of drug-likeness (QED) is 0.177. The Morgan fingerprint density at radius 1 is 0.365 bits per heavy atom. The van der Waals surface area contributed by atoms with Crippen LogP contribution >= 0.6 is 0 Å². The minimum atomic E-state index is 0.834. The SMILES string of the molecule is c1ccc2ncc(-c3ccc(N(c4ccc(-c5cnc6ccccc6c5)cc4)c4ccc(-c5cc6oc7ccccc7c6cn5)cc4)cc3)cc2c1. The highest BCUT2D eigenvalue weighted by atomic mass is 16.3. The Hall–Kier alpha value is -7.11. The van der Waals surface area contributed by atoms with Crippen LogP contribution in [0.1, 0.15) is 0 Å². The Bertz CT molecular complexity index is 2770. The number of pyridine rings is 3. The number of hydrogen-bond donors (Lipinski definition) is 0. The van der Waals surface area contributed by atoms with E-state index in [0.29, 0.717) is 0 Å². The first-order chi connectivity index (χ1) is 25.7. The van der Waals surface area contributed by atoms with E-state index in [1.807, 2.05) is 67.1 Å². The van der Waals surface area contributed by atoms with E-state index < -0.39 is 0 Å². The molecule has 0 unspecified atom stereocenters. The van der Waals surface area contributed by atoms with Crippen molar-refractivity contribution < 1.29 is 4.42 Å². The molecule has 0 amide bonds. The van der Waals surface area contributed by atoms with Crippen molar-refractivity contribution in [3.05, 3.63) is 182 Å². The molecule has 4 aromatic heterocycles. The number of nitrogens with zero attached hydrogens (tertiary/aromatic N) is 4. The minimum Gasteiger partial charge on any atom is -0.456 e. The number of furan rings is 1. The molecule has 5 heteroatoms. The molecule has 0 aliphatic heterocycles. The lowest BCUT2D eigenvalue weighted by molar-refractivity contribution is 0.668. The van der Waals surface area contributed by atoms with Crippen molar-refractivity contribution in [1.29, 1.82) is 0 Å². The molecule has 0 radical (unpaired) electrons. The Labute approximate surface area is 300 Å². The molecule has 0 atom stereocenters. The van der Waals surface area contributed by atoms with Crippen LogP contribution in [0.15, 0.2) is 187 Å². The van der Waals surface area contributed by atoms with Crippen LogP contribution in [-0.2, 0) is 0 Å². The summed E-state index contributed by atoms with van der Waals surface area (Å²) < 4.78 is 6.16. The van der Waals surface area contributed by atoms with Gasteiger partial charge in [0.05, 0.1) is 16.7 Å². The molecule has 52 heavy (non-hydrogen) atoms. The summed E-state index contributed by atoms with van der Waals surface area (Å²) in [6.45, 7) is 0. The van der Waals surface area contributed by atoms with Gasteiger partial charge in [0, 0.05) is 80.0 Å². The zero-order valence-electron chi connectivity index (χ0n) is 28.0. The summed E-state index contributed by atoms with van der Waals surface area (Å²) in [6, 6.07) is 56.9. The smallest absolute Gasteiger partial charge is 0.139 e. The molecule has 6 aromatic carbocycles. The summed E-state index contributed by atoms with van der Waals surface area (Å²) in [4.78, 5) is 16.5. The highest BCUT2D eigenvalue weighted by Crippen LogP contribution is 2.38. The number of aromatic nitrogens is 3. The molecular weight excluding hydrogens is 637 g/mol. The second kappa shape index (κ2) is 12.3. The molecule has 0 spiro atoms. The number of rotatable bonds is 6. The summed E-state index contributed by atoms with van der Waals surface area (Å²) in [5, 5.41) is 4.35. The second-order valence-corrected chi connectivity index (χ2v) is 13.0. The van der Waals surface area contributed by atoms with Crippen molar-refractivity contribution in [2.75, 3.05) is 4.90 Å². The van der Waals surface area contributed by atoms with Gasteiger partial charge >= 0.3 is 0 Å². The predicted molar refractivity (Wildman–Crippen MR) is 213 cm³/mol. The van der Waals surface area contributed by atoms with Gasteiger partial charge in [-0.1, -0.05) is 91.0 Å². The van der Waals surface area contributed by atoms with E-state index >= 15 is 0 Å². The van der Waals surface area contributed by atoms with Gasteiger partial charge in [-0.15, -0.1) is 0 Å². The molecule has 244 valence electrons. The second-order valence-electron chi connectivity index (χ2n) is 13.0. The van der Waals surface area contributed by atoms with E-state index in [2.05, 4.69) is 120 Å². The molecule has 4 heterocycles. The summed E-state index contributed by atoms with van der Waals surface area (Å²) in [7, 11) is 0. The largest absolute Gasteiger partial charge is 0.456 e. The van der Waals surface area contributed by atoms with Gasteiger partial charge in [-0.05, 0) is 77.9 Å². The number of fused-ring (bicyclic) bond motifs is 5. The van der Waals surface area contributed by atoms with Crippen molar-refractivity contribution >= 4 is 60.8 Å². The lowest BCUT2D eigenvalue weighted by atomic mass is 10.0. The first-order valence-corrected chi connectivity index (χ1v) is 17.3. The van der Waals surface area contributed by atoms with Gasteiger partial charge in [-0.2, -0.15) is 0 Å². The zero-order chi connectivity index (χ0) is 34.4. The first kappa shape index (κ1) is 29.8. The van der Waals surface area contributed by atoms with E-state index in [1.54, 1.807) is 0 Å². The topological polar surface area (TPSA) is 55.1 Å². The van der Waals surface area contributed by atoms with Gasteiger partial charge in [0.15, 0.2) is 0 Å². The van der Waals surface area contributed by atoms with Crippen molar-refractivity contribution in [2.45, 2.75) is 0 Å². The Kier molecular flexibility index (Phi) is 7.07. The van der Waals surface area contributed by atoms with Crippen LogP contribution in [0.3, 0.4) is 0 Å². The van der Waals surface area contributed by atoms with Crippen LogP contribution in [0.25, 0.3) is 77.3 Å². The van der Waals surface area contributed by atoms with E-state index in [0.717, 1.165) is 94.3 Å². The van der Waals surface area contributed by atoms with Gasteiger partial charge in [0.2, 0.25) is 0 Å². The Morgan fingerprint density at radius 2 is 0.865 bits per heavy atom. The highest BCUT2D eigenvalue weighted by Gasteiger charge is 2.15. The first-order valence-electron chi connectivity index (χ1n) is 17.3. The summed E-state index contributed by atoms with van der Waals surface area (Å²) in [5.74, 6) is 0. The highest BCUT2D eigenvalue weighted by molar-refractivity contribution is 6.05. The van der Waals surface area contributed by atoms with Crippen LogP contribution < -0.4 is 4.90 Å². The molecule has 0 bridgehead atoms. The molecule has 0 aliphatic rings. The van der Waals surface area contributed by atoms with Crippen molar-refractivity contribution in [1.82, 2.24) is 15.0 Å². The third-order valence-corrected chi connectivity index (χ3v) is 9.78. The molecule has 0 aliphatic carbocycles. The number of para-hydroxylation sites is 3. The number of hydrogen-bond acceptors (Lipinski definition) is 5. The van der Waals surface area contributed by atoms with Gasteiger partial charge in [0.1, 0.15) is 11.2 Å². The van der Waals surface area contributed by atoms with Crippen LogP contribution in [0.2, 0.25) is 0 Å². The third kappa shape index (κ3) is 5.32. The predicted octanol–water partition coefficient (Wildman–Crippen LogP) is 12.5. The van der Waals surface area contributed by atoms with Crippen LogP contribution in [0, 0.1) is 0 Å². The standard InChI is InChI=1S/C47H30N4O/c1-4-10-43-34(7-1)25-36(28-48-43)31-13-19-38(20-14-31)51(39-21-15-32(16-22-39)37-26-35-8-2-5-11-44(35)49-29-37)40-23-17-33(18-24-40)45-27-47-42(30-50-45)41-9-3-6-12-46(41)52-47/h1-30H. The molecule has 10 aromatic rings.